The fourth-order valence-electron chi connectivity index (χ4n) is 3.72. The number of ether oxygens (including phenoxy) is 1. The highest BCUT2D eigenvalue weighted by molar-refractivity contribution is 7.17. The van der Waals surface area contributed by atoms with E-state index in [1.165, 1.54) is 6.33 Å². The minimum Gasteiger partial charge on any atom is -0.455 e. The smallest absolute Gasteiger partial charge is 0.219 e. The van der Waals surface area contributed by atoms with Gasteiger partial charge in [0.05, 0.1) is 10.5 Å². The van der Waals surface area contributed by atoms with Crippen LogP contribution in [0.2, 0.25) is 5.02 Å². The van der Waals surface area contributed by atoms with Crippen molar-refractivity contribution >= 4 is 61.5 Å². The molecular formula is C25H22ClN5O2S. The van der Waals surface area contributed by atoms with E-state index in [1.54, 1.807) is 11.3 Å². The molecule has 0 saturated heterocycles. The van der Waals surface area contributed by atoms with E-state index in [2.05, 4.69) is 26.7 Å². The van der Waals surface area contributed by atoms with Crippen LogP contribution in [0.3, 0.4) is 0 Å². The molecule has 2 aromatic carbocycles. The van der Waals surface area contributed by atoms with Gasteiger partial charge in [0.15, 0.2) is 5.82 Å². The van der Waals surface area contributed by atoms with Crippen molar-refractivity contribution in [3.8, 4) is 11.5 Å². The highest BCUT2D eigenvalue weighted by Crippen LogP contribution is 2.37. The Hall–Kier alpha value is -3.62. The maximum atomic E-state index is 11.6. The number of aromatic nitrogens is 3. The Morgan fingerprint density at radius 2 is 2.06 bits per heavy atom. The molecule has 9 heteroatoms. The molecule has 7 nitrogen and oxygen atoms in total. The zero-order valence-electron chi connectivity index (χ0n) is 18.4. The average Bonchev–Trinajstić information content (AvgIpc) is 3.49. The number of benzene rings is 2. The van der Waals surface area contributed by atoms with Gasteiger partial charge in [0.25, 0.3) is 0 Å². The van der Waals surface area contributed by atoms with Crippen molar-refractivity contribution < 1.29 is 9.53 Å². The summed E-state index contributed by atoms with van der Waals surface area (Å²) in [5.41, 5.74) is 2.45. The van der Waals surface area contributed by atoms with E-state index < -0.39 is 0 Å². The molecule has 0 saturated carbocycles. The molecular weight excluding hydrogens is 470 g/mol. The van der Waals surface area contributed by atoms with Crippen molar-refractivity contribution in [3.63, 3.8) is 0 Å². The molecule has 0 aliphatic rings. The van der Waals surface area contributed by atoms with Gasteiger partial charge in [-0.25, -0.2) is 9.97 Å². The molecule has 0 aliphatic heterocycles. The van der Waals surface area contributed by atoms with Crippen LogP contribution in [-0.4, -0.2) is 27.0 Å². The van der Waals surface area contributed by atoms with Gasteiger partial charge in [0.1, 0.15) is 23.3 Å². The number of anilines is 2. The van der Waals surface area contributed by atoms with Gasteiger partial charge in [-0.05, 0) is 47.8 Å². The summed E-state index contributed by atoms with van der Waals surface area (Å²) in [5, 5.41) is 9.83. The first-order valence-electron chi connectivity index (χ1n) is 10.9. The van der Waals surface area contributed by atoms with Crippen molar-refractivity contribution in [1.82, 2.24) is 19.9 Å². The normalized spacial score (nSPS) is 11.1. The topological polar surface area (TPSA) is 81.1 Å². The third kappa shape index (κ3) is 4.55. The summed E-state index contributed by atoms with van der Waals surface area (Å²) in [6, 6.07) is 15.5. The second kappa shape index (κ2) is 9.70. The summed E-state index contributed by atoms with van der Waals surface area (Å²) >= 11 is 8.24. The van der Waals surface area contributed by atoms with Crippen LogP contribution in [0.25, 0.3) is 21.1 Å². The van der Waals surface area contributed by atoms with Crippen LogP contribution in [0, 0.1) is 0 Å². The molecule has 0 radical (unpaired) electrons. The largest absolute Gasteiger partial charge is 0.455 e. The second-order valence-electron chi connectivity index (χ2n) is 7.63. The van der Waals surface area contributed by atoms with Crippen LogP contribution in [0.1, 0.15) is 13.3 Å². The first-order valence-corrected chi connectivity index (χ1v) is 12.2. The van der Waals surface area contributed by atoms with Gasteiger partial charge in [-0.2, -0.15) is 0 Å². The fourth-order valence-corrected chi connectivity index (χ4v) is 4.75. The lowest BCUT2D eigenvalue weighted by Crippen LogP contribution is -2.26. The monoisotopic (exact) mass is 491 g/mol. The molecule has 3 heterocycles. The van der Waals surface area contributed by atoms with Crippen LogP contribution in [0.4, 0.5) is 11.5 Å². The molecule has 172 valence electrons. The van der Waals surface area contributed by atoms with Gasteiger partial charge in [0.2, 0.25) is 5.91 Å². The van der Waals surface area contributed by atoms with Crippen molar-refractivity contribution in [3.05, 3.63) is 71.5 Å². The Morgan fingerprint density at radius 1 is 1.15 bits per heavy atom. The van der Waals surface area contributed by atoms with Crippen LogP contribution in [0.15, 0.2) is 66.4 Å². The number of nitrogens with one attached hydrogen (secondary N) is 2. The summed E-state index contributed by atoms with van der Waals surface area (Å²) in [6.45, 7) is 2.97. The lowest BCUT2D eigenvalue weighted by molar-refractivity contribution is -0.120. The first kappa shape index (κ1) is 22.2. The van der Waals surface area contributed by atoms with E-state index in [9.17, 15) is 4.79 Å². The average molecular weight is 492 g/mol. The number of carbonyl (C=O) groups excluding carboxylic acids is 1. The predicted octanol–water partition coefficient (Wildman–Crippen LogP) is 6.36. The number of thiophene rings is 1. The number of amides is 1. The van der Waals surface area contributed by atoms with Crippen LogP contribution < -0.4 is 15.4 Å². The predicted molar refractivity (Wildman–Crippen MR) is 137 cm³/mol. The van der Waals surface area contributed by atoms with Gasteiger partial charge in [-0.1, -0.05) is 24.6 Å². The minimum atomic E-state index is 0.0262. The van der Waals surface area contributed by atoms with Crippen LogP contribution in [-0.2, 0) is 11.3 Å². The van der Waals surface area contributed by atoms with E-state index in [0.717, 1.165) is 32.6 Å². The standard InChI is InChI=1S/C25H22ClN5O2S/c1-2-23(32)27-10-12-31-11-8-19-24(31)25(29-15-28-19)30-16-6-7-21(18(26)14-16)33-20-4-3-5-22-17(20)9-13-34-22/h3-9,11,13-15H,2,10,12H2,1H3,(H,27,32)(H,28,29,30). The molecule has 0 fully saturated rings. The number of hydrogen-bond acceptors (Lipinski definition) is 6. The minimum absolute atomic E-state index is 0.0262. The van der Waals surface area contributed by atoms with Gasteiger partial charge in [-0.3, -0.25) is 4.79 Å². The molecule has 5 rings (SSSR count). The van der Waals surface area contributed by atoms with Gasteiger partial charge in [0, 0.05) is 41.5 Å². The molecule has 0 atom stereocenters. The molecule has 1 amide bonds. The summed E-state index contributed by atoms with van der Waals surface area (Å²) in [7, 11) is 0. The number of nitrogens with zero attached hydrogens (tertiary/aromatic N) is 3. The Labute approximate surface area is 205 Å². The summed E-state index contributed by atoms with van der Waals surface area (Å²) < 4.78 is 9.30. The lowest BCUT2D eigenvalue weighted by Gasteiger charge is -2.13. The zero-order valence-corrected chi connectivity index (χ0v) is 20.0. The van der Waals surface area contributed by atoms with E-state index in [0.29, 0.717) is 36.1 Å². The maximum Gasteiger partial charge on any atom is 0.219 e. The van der Waals surface area contributed by atoms with Crippen molar-refractivity contribution in [2.24, 2.45) is 0 Å². The molecule has 0 unspecified atom stereocenters. The van der Waals surface area contributed by atoms with Crippen molar-refractivity contribution in [2.75, 3.05) is 11.9 Å². The molecule has 5 aromatic rings. The summed E-state index contributed by atoms with van der Waals surface area (Å²) in [6.07, 6.45) is 3.93. The van der Waals surface area contributed by atoms with E-state index in [-0.39, 0.29) is 5.91 Å². The fraction of sp³-hybridized carbons (Fsp3) is 0.160. The van der Waals surface area contributed by atoms with Crippen LogP contribution >= 0.6 is 22.9 Å². The Morgan fingerprint density at radius 3 is 2.91 bits per heavy atom. The highest BCUT2D eigenvalue weighted by atomic mass is 35.5. The third-order valence-corrected chi connectivity index (χ3v) is 6.59. The molecule has 0 bridgehead atoms. The Kier molecular flexibility index (Phi) is 6.33. The van der Waals surface area contributed by atoms with Gasteiger partial charge < -0.3 is 19.9 Å². The lowest BCUT2D eigenvalue weighted by atomic mass is 10.2. The van der Waals surface area contributed by atoms with Crippen molar-refractivity contribution in [2.45, 2.75) is 19.9 Å². The maximum absolute atomic E-state index is 11.6. The third-order valence-electron chi connectivity index (χ3n) is 5.42. The molecule has 3 aromatic heterocycles. The number of fused-ring (bicyclic) bond motifs is 2. The number of rotatable bonds is 8. The summed E-state index contributed by atoms with van der Waals surface area (Å²) in [4.78, 5) is 20.4. The van der Waals surface area contributed by atoms with E-state index in [4.69, 9.17) is 16.3 Å². The molecule has 2 N–H and O–H groups in total. The Bertz CT molecular complexity index is 1480. The molecule has 0 spiro atoms. The first-order chi connectivity index (χ1) is 16.6. The SMILES string of the molecule is CCC(=O)NCCn1ccc2ncnc(Nc3ccc(Oc4cccc5sccc45)c(Cl)c3)c21. The second-order valence-corrected chi connectivity index (χ2v) is 8.98. The quantitative estimate of drug-likeness (QED) is 0.264. The van der Waals surface area contributed by atoms with Gasteiger partial charge >= 0.3 is 0 Å². The van der Waals surface area contributed by atoms with Crippen LogP contribution in [0.5, 0.6) is 11.5 Å². The Balaban J connectivity index is 1.37. The summed E-state index contributed by atoms with van der Waals surface area (Å²) in [5.74, 6) is 2.03. The van der Waals surface area contributed by atoms with E-state index in [1.807, 2.05) is 65.5 Å². The van der Waals surface area contributed by atoms with E-state index >= 15 is 0 Å². The molecule has 34 heavy (non-hydrogen) atoms. The number of carbonyl (C=O) groups is 1. The molecule has 0 aliphatic carbocycles. The zero-order chi connectivity index (χ0) is 23.5. The highest BCUT2D eigenvalue weighted by Gasteiger charge is 2.12. The number of halogens is 1. The van der Waals surface area contributed by atoms with Crippen molar-refractivity contribution in [1.29, 1.82) is 0 Å². The van der Waals surface area contributed by atoms with Gasteiger partial charge in [-0.15, -0.1) is 11.3 Å². The number of hydrogen-bond donors (Lipinski definition) is 2.